The van der Waals surface area contributed by atoms with E-state index in [2.05, 4.69) is 36.2 Å². The molecule has 0 aliphatic heterocycles. The second kappa shape index (κ2) is 7.02. The molecule has 12 heteroatoms. The lowest BCUT2D eigenvalue weighted by molar-refractivity contribution is 0.102. The number of alkyl halides is 2. The van der Waals surface area contributed by atoms with E-state index in [1.54, 1.807) is 0 Å². The number of benzene rings is 1. The molecule has 1 heterocycles. The van der Waals surface area contributed by atoms with Gasteiger partial charge in [0.2, 0.25) is 15.2 Å². The first-order chi connectivity index (χ1) is 11.8. The van der Waals surface area contributed by atoms with Crippen LogP contribution in [0.2, 0.25) is 0 Å². The lowest BCUT2D eigenvalue weighted by atomic mass is 10.2. The molecule has 1 saturated carbocycles. The molecule has 0 radical (unpaired) electrons. The maximum absolute atomic E-state index is 12.5. The van der Waals surface area contributed by atoms with Gasteiger partial charge in [0.1, 0.15) is 0 Å². The van der Waals surface area contributed by atoms with Crippen LogP contribution in [0.5, 0.6) is 0 Å². The van der Waals surface area contributed by atoms with E-state index in [1.807, 2.05) is 0 Å². The highest BCUT2D eigenvalue weighted by Crippen LogP contribution is 2.28. The largest absolute Gasteiger partial charge is 0.296 e. The van der Waals surface area contributed by atoms with Gasteiger partial charge in [0.05, 0.1) is 10.5 Å². The molecule has 1 aromatic carbocycles. The Hall–Kier alpha value is -1.50. The summed E-state index contributed by atoms with van der Waals surface area (Å²) in [6.07, 6.45) is -1.21. The number of hydrogen-bond donors (Lipinski definition) is 2. The van der Waals surface area contributed by atoms with E-state index in [0.717, 1.165) is 12.8 Å². The maximum Gasteiger partial charge on any atom is 0.291 e. The summed E-state index contributed by atoms with van der Waals surface area (Å²) in [5.74, 6) is -0.688. The Morgan fingerprint density at radius 3 is 2.64 bits per heavy atom. The second-order valence-electron chi connectivity index (χ2n) is 5.24. The van der Waals surface area contributed by atoms with Crippen molar-refractivity contribution in [2.24, 2.45) is 0 Å². The van der Waals surface area contributed by atoms with Crippen molar-refractivity contribution in [1.29, 1.82) is 0 Å². The van der Waals surface area contributed by atoms with E-state index in [9.17, 15) is 22.0 Å². The Morgan fingerprint density at radius 1 is 1.32 bits per heavy atom. The average molecular weight is 453 g/mol. The Kier molecular flexibility index (Phi) is 5.14. The third kappa shape index (κ3) is 4.37. The summed E-state index contributed by atoms with van der Waals surface area (Å²) in [7, 11) is -3.73. The molecule has 0 atom stereocenters. The van der Waals surface area contributed by atoms with E-state index in [4.69, 9.17) is 0 Å². The summed E-state index contributed by atoms with van der Waals surface area (Å²) in [4.78, 5) is 12.3. The molecule has 0 bridgehead atoms. The number of nitrogens with zero attached hydrogens (tertiary/aromatic N) is 2. The highest BCUT2D eigenvalue weighted by atomic mass is 79.9. The molecule has 1 fully saturated rings. The van der Waals surface area contributed by atoms with Crippen LogP contribution >= 0.6 is 27.3 Å². The van der Waals surface area contributed by atoms with E-state index in [1.165, 1.54) is 18.2 Å². The highest BCUT2D eigenvalue weighted by Gasteiger charge is 2.28. The maximum atomic E-state index is 12.5. The second-order valence-corrected chi connectivity index (χ2v) is 8.81. The first kappa shape index (κ1) is 18.3. The molecule has 1 amide bonds. The summed E-state index contributed by atoms with van der Waals surface area (Å²) in [5, 5.41) is 8.45. The van der Waals surface area contributed by atoms with E-state index in [-0.39, 0.29) is 21.6 Å². The Balaban J connectivity index is 1.82. The summed E-state index contributed by atoms with van der Waals surface area (Å²) in [6, 6.07) is 3.94. The minimum absolute atomic E-state index is 0.0347. The number of anilines is 1. The van der Waals surface area contributed by atoms with Crippen LogP contribution in [-0.2, 0) is 10.0 Å². The number of nitrogens with one attached hydrogen (secondary N) is 2. The first-order valence-electron chi connectivity index (χ1n) is 7.01. The quantitative estimate of drug-likeness (QED) is 0.701. The monoisotopic (exact) mass is 452 g/mol. The highest BCUT2D eigenvalue weighted by molar-refractivity contribution is 9.10. The summed E-state index contributed by atoms with van der Waals surface area (Å²) in [6.45, 7) is 0. The predicted molar refractivity (Wildman–Crippen MR) is 90.3 cm³/mol. The molecule has 0 unspecified atom stereocenters. The molecule has 1 aromatic heterocycles. The fourth-order valence-corrected chi connectivity index (χ4v) is 4.22. The molecule has 25 heavy (non-hydrogen) atoms. The van der Waals surface area contributed by atoms with Crippen molar-refractivity contribution < 1.29 is 22.0 Å². The van der Waals surface area contributed by atoms with Gasteiger partial charge in [0, 0.05) is 10.5 Å². The minimum atomic E-state index is -3.73. The summed E-state index contributed by atoms with van der Waals surface area (Å²) >= 11 is 3.72. The average Bonchev–Trinajstić information content (AvgIpc) is 3.21. The van der Waals surface area contributed by atoms with Crippen molar-refractivity contribution in [2.45, 2.75) is 30.2 Å². The van der Waals surface area contributed by atoms with Crippen LogP contribution in [0.4, 0.5) is 13.9 Å². The molecule has 0 saturated heterocycles. The van der Waals surface area contributed by atoms with Crippen LogP contribution in [-0.4, -0.2) is 30.6 Å². The van der Waals surface area contributed by atoms with Crippen LogP contribution < -0.4 is 10.0 Å². The number of carbonyl (C=O) groups excluding carboxylic acids is 1. The van der Waals surface area contributed by atoms with E-state index in [0.29, 0.717) is 15.8 Å². The molecule has 134 valence electrons. The Morgan fingerprint density at radius 2 is 2.04 bits per heavy atom. The van der Waals surface area contributed by atoms with Gasteiger partial charge >= 0.3 is 0 Å². The van der Waals surface area contributed by atoms with E-state index >= 15 is 0 Å². The van der Waals surface area contributed by atoms with Gasteiger partial charge in [-0.2, -0.15) is 0 Å². The lowest BCUT2D eigenvalue weighted by Gasteiger charge is -2.09. The molecular weight excluding hydrogens is 442 g/mol. The topological polar surface area (TPSA) is 101 Å². The molecular formula is C13H11BrF2N4O3S2. The standard InChI is InChI=1S/C13H11BrF2N4O3S2/c14-9-4-3-7(25(22,23)20-6-1-2-6)5-8(9)11(21)17-13-19-18-12(24-13)10(15)16/h3-6,10,20H,1-2H2,(H,17,19,21). The summed E-state index contributed by atoms with van der Waals surface area (Å²) < 4.78 is 52.4. The SMILES string of the molecule is O=C(Nc1nnc(C(F)F)s1)c1cc(S(=O)(=O)NC2CC2)ccc1Br. The number of amides is 1. The van der Waals surface area contributed by atoms with Crippen molar-refractivity contribution in [3.8, 4) is 0 Å². The summed E-state index contributed by atoms with van der Waals surface area (Å²) in [5.41, 5.74) is 0.0347. The van der Waals surface area contributed by atoms with Crippen molar-refractivity contribution >= 4 is 48.3 Å². The Bertz CT molecular complexity index is 916. The van der Waals surface area contributed by atoms with Crippen molar-refractivity contribution in [3.05, 3.63) is 33.2 Å². The number of hydrogen-bond acceptors (Lipinski definition) is 6. The zero-order valence-corrected chi connectivity index (χ0v) is 15.6. The Labute approximate surface area is 154 Å². The van der Waals surface area contributed by atoms with Crippen LogP contribution in [0, 0.1) is 0 Å². The van der Waals surface area contributed by atoms with Crippen LogP contribution in [0.15, 0.2) is 27.6 Å². The number of aromatic nitrogens is 2. The van der Waals surface area contributed by atoms with Crippen LogP contribution in [0.25, 0.3) is 0 Å². The fraction of sp³-hybridized carbons (Fsp3) is 0.308. The van der Waals surface area contributed by atoms with Crippen molar-refractivity contribution in [1.82, 2.24) is 14.9 Å². The number of rotatable bonds is 6. The smallest absolute Gasteiger partial charge is 0.291 e. The predicted octanol–water partition coefficient (Wildman–Crippen LogP) is 2.93. The van der Waals surface area contributed by atoms with Crippen LogP contribution in [0.3, 0.4) is 0 Å². The lowest BCUT2D eigenvalue weighted by Crippen LogP contribution is -2.26. The number of carbonyl (C=O) groups is 1. The van der Waals surface area contributed by atoms with Gasteiger partial charge in [-0.15, -0.1) is 10.2 Å². The number of halogens is 3. The van der Waals surface area contributed by atoms with Gasteiger partial charge in [0.15, 0.2) is 5.01 Å². The van der Waals surface area contributed by atoms with Gasteiger partial charge in [-0.05, 0) is 47.0 Å². The molecule has 3 rings (SSSR count). The fourth-order valence-electron chi connectivity index (χ4n) is 1.87. The van der Waals surface area contributed by atoms with Crippen LogP contribution in [0.1, 0.15) is 34.6 Å². The molecule has 7 nitrogen and oxygen atoms in total. The zero-order chi connectivity index (χ0) is 18.2. The molecule has 2 N–H and O–H groups in total. The minimum Gasteiger partial charge on any atom is -0.296 e. The third-order valence-electron chi connectivity index (χ3n) is 3.24. The van der Waals surface area contributed by atoms with Crippen molar-refractivity contribution in [2.75, 3.05) is 5.32 Å². The molecule has 0 spiro atoms. The molecule has 2 aromatic rings. The molecule has 1 aliphatic carbocycles. The van der Waals surface area contributed by atoms with Gasteiger partial charge in [-0.3, -0.25) is 10.1 Å². The van der Waals surface area contributed by atoms with E-state index < -0.39 is 27.4 Å². The zero-order valence-electron chi connectivity index (χ0n) is 12.4. The normalized spacial score (nSPS) is 14.7. The van der Waals surface area contributed by atoms with Gasteiger partial charge in [0.25, 0.3) is 12.3 Å². The first-order valence-corrected chi connectivity index (χ1v) is 10.1. The van der Waals surface area contributed by atoms with Gasteiger partial charge in [-0.25, -0.2) is 21.9 Å². The third-order valence-corrected chi connectivity index (χ3v) is 6.30. The van der Waals surface area contributed by atoms with Gasteiger partial charge < -0.3 is 0 Å². The number of sulfonamides is 1. The van der Waals surface area contributed by atoms with Gasteiger partial charge in [-0.1, -0.05) is 11.3 Å². The molecule has 1 aliphatic rings. The van der Waals surface area contributed by atoms with Crippen molar-refractivity contribution in [3.63, 3.8) is 0 Å².